The van der Waals surface area contributed by atoms with Crippen LogP contribution in [0.3, 0.4) is 0 Å². The minimum absolute atomic E-state index is 0.0198. The first-order valence-electron chi connectivity index (χ1n) is 18.6. The Hall–Kier alpha value is -3.89. The topological polar surface area (TPSA) is 97.0 Å². The Balaban J connectivity index is 1.04. The predicted molar refractivity (Wildman–Crippen MR) is 201 cm³/mol. The van der Waals surface area contributed by atoms with Crippen LogP contribution in [0.5, 0.6) is 11.5 Å². The summed E-state index contributed by atoms with van der Waals surface area (Å²) in [6, 6.07) is 22.3. The molecule has 50 heavy (non-hydrogen) atoms. The molecular formula is C41H54N6O3. The molecule has 266 valence electrons. The van der Waals surface area contributed by atoms with Gasteiger partial charge in [-0.3, -0.25) is 14.6 Å². The van der Waals surface area contributed by atoms with Crippen molar-refractivity contribution in [2.24, 2.45) is 5.73 Å². The van der Waals surface area contributed by atoms with Gasteiger partial charge in [0.05, 0.1) is 25.3 Å². The standard InChI is InChI=1S/C41H54N6O3/c1-49-38-8-4-9-39(50-2)36(38)28-46-24-22-45(23-25-46)27-30-10-15-37-34(26-30)35(33-13-11-32(12-14-33)31-6-3-7-31)29-47(37)21-5-18-44-40(48)41(42)16-19-43-20-17-41/h4,8-15,26,29,31,43H,3,5-7,16-25,27-28,42H2,1-2H3,(H,44,48). The van der Waals surface area contributed by atoms with Gasteiger partial charge in [0.15, 0.2) is 0 Å². The first-order valence-corrected chi connectivity index (χ1v) is 18.6. The molecule has 3 aromatic carbocycles. The second-order valence-electron chi connectivity index (χ2n) is 14.5. The second-order valence-corrected chi connectivity index (χ2v) is 14.5. The molecule has 0 unspecified atom stereocenters. The molecule has 2 aliphatic heterocycles. The number of nitrogens with one attached hydrogen (secondary N) is 2. The highest BCUT2D eigenvalue weighted by molar-refractivity contribution is 5.96. The lowest BCUT2D eigenvalue weighted by molar-refractivity contribution is -0.127. The summed E-state index contributed by atoms with van der Waals surface area (Å²) in [7, 11) is 3.45. The number of methoxy groups -OCH3 is 2. The molecule has 3 aliphatic rings. The van der Waals surface area contributed by atoms with E-state index in [2.05, 4.69) is 73.7 Å². The Morgan fingerprint density at radius 2 is 1.60 bits per heavy atom. The van der Waals surface area contributed by atoms with Gasteiger partial charge in [-0.1, -0.05) is 42.8 Å². The lowest BCUT2D eigenvalue weighted by Crippen LogP contribution is -2.59. The van der Waals surface area contributed by atoms with Crippen LogP contribution in [0.2, 0.25) is 0 Å². The van der Waals surface area contributed by atoms with Crippen molar-refractivity contribution in [1.29, 1.82) is 0 Å². The van der Waals surface area contributed by atoms with E-state index < -0.39 is 5.54 Å². The number of carbonyl (C=O) groups is 1. The average molecular weight is 679 g/mol. The van der Waals surface area contributed by atoms with E-state index in [1.807, 2.05) is 18.2 Å². The van der Waals surface area contributed by atoms with Gasteiger partial charge >= 0.3 is 0 Å². The van der Waals surface area contributed by atoms with E-state index in [4.69, 9.17) is 15.2 Å². The minimum atomic E-state index is -0.754. The first-order chi connectivity index (χ1) is 24.4. The normalized spacial score (nSPS) is 18.5. The van der Waals surface area contributed by atoms with E-state index in [1.54, 1.807) is 14.2 Å². The summed E-state index contributed by atoms with van der Waals surface area (Å²) >= 11 is 0. The number of aromatic nitrogens is 1. The summed E-state index contributed by atoms with van der Waals surface area (Å²) in [6.07, 6.45) is 8.49. The fraction of sp³-hybridized carbons (Fsp3) is 0.488. The quantitative estimate of drug-likeness (QED) is 0.161. The van der Waals surface area contributed by atoms with E-state index in [0.717, 1.165) is 88.3 Å². The molecule has 0 spiro atoms. The van der Waals surface area contributed by atoms with E-state index in [1.165, 1.54) is 52.4 Å². The van der Waals surface area contributed by atoms with Crippen LogP contribution in [0, 0.1) is 0 Å². The zero-order valence-electron chi connectivity index (χ0n) is 29.9. The Kier molecular flexibility index (Phi) is 10.8. The third-order valence-electron chi connectivity index (χ3n) is 11.3. The number of amides is 1. The van der Waals surface area contributed by atoms with Crippen LogP contribution in [0.1, 0.15) is 61.1 Å². The van der Waals surface area contributed by atoms with Crippen molar-refractivity contribution in [1.82, 2.24) is 25.0 Å². The van der Waals surface area contributed by atoms with Crippen LogP contribution in [0.25, 0.3) is 22.0 Å². The zero-order valence-corrected chi connectivity index (χ0v) is 29.9. The van der Waals surface area contributed by atoms with Crippen molar-refractivity contribution in [2.75, 3.05) is 60.0 Å². The molecule has 3 heterocycles. The molecule has 4 N–H and O–H groups in total. The van der Waals surface area contributed by atoms with Gasteiger partial charge in [0.2, 0.25) is 5.91 Å². The first kappa shape index (κ1) is 34.6. The number of ether oxygens (including phenoxy) is 2. The molecule has 0 radical (unpaired) electrons. The highest BCUT2D eigenvalue weighted by Gasteiger charge is 2.35. The van der Waals surface area contributed by atoms with Gasteiger partial charge in [0, 0.05) is 75.0 Å². The van der Waals surface area contributed by atoms with E-state index >= 15 is 0 Å². The summed E-state index contributed by atoms with van der Waals surface area (Å²) in [5.41, 5.74) is 13.4. The van der Waals surface area contributed by atoms with E-state index in [-0.39, 0.29) is 5.91 Å². The maximum atomic E-state index is 12.9. The summed E-state index contributed by atoms with van der Waals surface area (Å²) in [4.78, 5) is 18.0. The molecule has 0 bridgehead atoms. The van der Waals surface area contributed by atoms with Crippen molar-refractivity contribution < 1.29 is 14.3 Å². The fourth-order valence-electron chi connectivity index (χ4n) is 7.93. The van der Waals surface area contributed by atoms with Crippen LogP contribution >= 0.6 is 0 Å². The Morgan fingerprint density at radius 1 is 0.920 bits per heavy atom. The van der Waals surface area contributed by atoms with Crippen LogP contribution in [-0.2, 0) is 24.4 Å². The molecule has 4 aromatic rings. The van der Waals surface area contributed by atoms with Gasteiger partial charge in [0.1, 0.15) is 11.5 Å². The molecule has 2 saturated heterocycles. The van der Waals surface area contributed by atoms with Crippen LogP contribution in [0.4, 0.5) is 0 Å². The number of nitrogens with two attached hydrogens (primary N) is 1. The number of carbonyl (C=O) groups excluding carboxylic acids is 1. The third-order valence-corrected chi connectivity index (χ3v) is 11.3. The predicted octanol–water partition coefficient (Wildman–Crippen LogP) is 5.50. The molecule has 9 nitrogen and oxygen atoms in total. The largest absolute Gasteiger partial charge is 0.496 e. The summed E-state index contributed by atoms with van der Waals surface area (Å²) in [5, 5.41) is 7.72. The Bertz CT molecular complexity index is 1730. The fourth-order valence-corrected chi connectivity index (χ4v) is 7.93. The molecule has 1 aromatic heterocycles. The van der Waals surface area contributed by atoms with E-state index in [9.17, 15) is 4.79 Å². The van der Waals surface area contributed by atoms with Crippen molar-refractivity contribution in [3.05, 3.63) is 83.6 Å². The Labute approximate surface area is 297 Å². The van der Waals surface area contributed by atoms with Crippen molar-refractivity contribution in [3.63, 3.8) is 0 Å². The zero-order chi connectivity index (χ0) is 34.5. The van der Waals surface area contributed by atoms with Gasteiger partial charge in [-0.2, -0.15) is 0 Å². The number of piperazine rings is 1. The number of hydrogen-bond acceptors (Lipinski definition) is 7. The summed E-state index contributed by atoms with van der Waals surface area (Å²) in [5.74, 6) is 2.47. The number of nitrogens with zero attached hydrogens (tertiary/aromatic N) is 3. The van der Waals surface area contributed by atoms with Crippen molar-refractivity contribution >= 4 is 16.8 Å². The number of aryl methyl sites for hydroxylation is 1. The second kappa shape index (κ2) is 15.6. The molecular weight excluding hydrogens is 624 g/mol. The lowest BCUT2D eigenvalue weighted by atomic mass is 9.80. The summed E-state index contributed by atoms with van der Waals surface area (Å²) in [6.45, 7) is 8.79. The van der Waals surface area contributed by atoms with Gasteiger partial charge in [-0.15, -0.1) is 0 Å². The number of fused-ring (bicyclic) bond motifs is 1. The minimum Gasteiger partial charge on any atom is -0.496 e. The molecule has 7 rings (SSSR count). The average Bonchev–Trinajstić information content (AvgIpc) is 3.48. The monoisotopic (exact) mass is 678 g/mol. The molecule has 3 fully saturated rings. The third kappa shape index (κ3) is 7.56. The maximum Gasteiger partial charge on any atom is 0.240 e. The number of rotatable bonds is 13. The number of hydrogen-bond donors (Lipinski definition) is 3. The molecule has 1 amide bonds. The van der Waals surface area contributed by atoms with E-state index in [0.29, 0.717) is 19.4 Å². The highest BCUT2D eigenvalue weighted by Crippen LogP contribution is 2.38. The van der Waals surface area contributed by atoms with Crippen LogP contribution in [0.15, 0.2) is 66.9 Å². The number of benzene rings is 3. The molecule has 1 aliphatic carbocycles. The van der Waals surface area contributed by atoms with Crippen molar-refractivity contribution in [2.45, 2.75) is 69.6 Å². The van der Waals surface area contributed by atoms with Crippen molar-refractivity contribution in [3.8, 4) is 22.6 Å². The van der Waals surface area contributed by atoms with Gasteiger partial charge in [0.25, 0.3) is 0 Å². The maximum absolute atomic E-state index is 12.9. The SMILES string of the molecule is COc1cccc(OC)c1CN1CCN(Cc2ccc3c(c2)c(-c2ccc(C4CCC4)cc2)cn3CCCNC(=O)C2(N)CCNCC2)CC1. The van der Waals surface area contributed by atoms with Crippen LogP contribution in [-0.4, -0.2) is 85.8 Å². The highest BCUT2D eigenvalue weighted by atomic mass is 16.5. The molecule has 9 heteroatoms. The molecule has 1 saturated carbocycles. The smallest absolute Gasteiger partial charge is 0.240 e. The molecule has 0 atom stereocenters. The van der Waals surface area contributed by atoms with Crippen LogP contribution < -0.4 is 25.8 Å². The van der Waals surface area contributed by atoms with Gasteiger partial charge in [-0.05, 0) is 92.1 Å². The number of piperidine rings is 1. The Morgan fingerprint density at radius 3 is 2.24 bits per heavy atom. The van der Waals surface area contributed by atoms with Gasteiger partial charge in [-0.25, -0.2) is 0 Å². The van der Waals surface area contributed by atoms with Gasteiger partial charge < -0.3 is 30.4 Å². The summed E-state index contributed by atoms with van der Waals surface area (Å²) < 4.78 is 13.7. The lowest BCUT2D eigenvalue weighted by Gasteiger charge is -2.35.